The topological polar surface area (TPSA) is 82.6 Å². The summed E-state index contributed by atoms with van der Waals surface area (Å²) in [5.41, 5.74) is 3.86. The zero-order chi connectivity index (χ0) is 17.4. The van der Waals surface area contributed by atoms with Crippen LogP contribution in [0.15, 0.2) is 41.1 Å². The molecule has 2 N–H and O–H groups in total. The molecule has 2 aromatic heterocycles. The fourth-order valence-electron chi connectivity index (χ4n) is 3.24. The maximum atomic E-state index is 10.1. The van der Waals surface area contributed by atoms with Gasteiger partial charge in [0, 0.05) is 49.4 Å². The minimum Gasteiger partial charge on any atom is -0.508 e. The van der Waals surface area contributed by atoms with Crippen LogP contribution < -0.4 is 0 Å². The summed E-state index contributed by atoms with van der Waals surface area (Å²) in [4.78, 5) is 11.3. The molecule has 6 heteroatoms. The fraction of sp³-hybridized carbons (Fsp3) is 0.263. The van der Waals surface area contributed by atoms with E-state index in [1.165, 1.54) is 6.07 Å². The molecule has 0 unspecified atom stereocenters. The van der Waals surface area contributed by atoms with Gasteiger partial charge in [0.15, 0.2) is 11.6 Å². The van der Waals surface area contributed by atoms with Gasteiger partial charge in [0.25, 0.3) is 0 Å². The van der Waals surface area contributed by atoms with Crippen LogP contribution in [-0.2, 0) is 19.5 Å². The largest absolute Gasteiger partial charge is 0.508 e. The first-order valence-electron chi connectivity index (χ1n) is 8.22. The number of hydrogen-bond donors (Lipinski definition) is 2. The number of aryl methyl sites for hydroxylation is 1. The third kappa shape index (κ3) is 3.08. The number of aromatic nitrogens is 2. The molecule has 0 saturated carbocycles. The first-order chi connectivity index (χ1) is 12.1. The highest BCUT2D eigenvalue weighted by atomic mass is 16.3. The Hall–Kier alpha value is -2.86. The van der Waals surface area contributed by atoms with Crippen LogP contribution in [-0.4, -0.2) is 31.6 Å². The second kappa shape index (κ2) is 6.22. The van der Waals surface area contributed by atoms with E-state index >= 15 is 0 Å². The summed E-state index contributed by atoms with van der Waals surface area (Å²) in [7, 11) is 0. The predicted octanol–water partition coefficient (Wildman–Crippen LogP) is 3.01. The van der Waals surface area contributed by atoms with Crippen LogP contribution in [0.5, 0.6) is 11.5 Å². The highest BCUT2D eigenvalue weighted by Gasteiger charge is 2.21. The number of phenolic OH excluding ortho intramolecular Hbond substituents is 2. The summed E-state index contributed by atoms with van der Waals surface area (Å²) < 4.78 is 5.36. The van der Waals surface area contributed by atoms with E-state index < -0.39 is 0 Å². The molecule has 1 aliphatic rings. The molecule has 3 aromatic rings. The van der Waals surface area contributed by atoms with Gasteiger partial charge in [0.05, 0.1) is 12.0 Å². The maximum absolute atomic E-state index is 10.1. The molecular formula is C19H19N3O3. The lowest BCUT2D eigenvalue weighted by molar-refractivity contribution is 0.239. The van der Waals surface area contributed by atoms with Gasteiger partial charge in [-0.1, -0.05) is 0 Å². The van der Waals surface area contributed by atoms with E-state index in [2.05, 4.69) is 14.9 Å². The minimum atomic E-state index is 0.0848. The average Bonchev–Trinajstić information content (AvgIpc) is 3.12. The van der Waals surface area contributed by atoms with Crippen molar-refractivity contribution in [2.45, 2.75) is 26.4 Å². The second-order valence-corrected chi connectivity index (χ2v) is 6.36. The van der Waals surface area contributed by atoms with E-state index in [9.17, 15) is 10.2 Å². The molecule has 6 nitrogen and oxygen atoms in total. The zero-order valence-electron chi connectivity index (χ0n) is 13.9. The Morgan fingerprint density at radius 1 is 1.28 bits per heavy atom. The van der Waals surface area contributed by atoms with Crippen LogP contribution >= 0.6 is 0 Å². The number of furan rings is 1. The molecule has 3 heterocycles. The van der Waals surface area contributed by atoms with Crippen LogP contribution in [0, 0.1) is 6.92 Å². The molecule has 0 atom stereocenters. The summed E-state index contributed by atoms with van der Waals surface area (Å²) >= 11 is 0. The Labute approximate surface area is 145 Å². The van der Waals surface area contributed by atoms with E-state index in [1.54, 1.807) is 12.3 Å². The second-order valence-electron chi connectivity index (χ2n) is 6.36. The van der Waals surface area contributed by atoms with E-state index in [-0.39, 0.29) is 11.5 Å². The van der Waals surface area contributed by atoms with Crippen molar-refractivity contribution in [3.05, 3.63) is 59.1 Å². The van der Waals surface area contributed by atoms with Crippen LogP contribution in [0.25, 0.3) is 11.6 Å². The van der Waals surface area contributed by atoms with Gasteiger partial charge < -0.3 is 14.6 Å². The molecule has 0 amide bonds. The first kappa shape index (κ1) is 15.7. The molecule has 25 heavy (non-hydrogen) atoms. The number of nitrogens with zero attached hydrogens (tertiary/aromatic N) is 3. The van der Waals surface area contributed by atoms with Crippen molar-refractivity contribution in [2.75, 3.05) is 6.54 Å². The lowest BCUT2D eigenvalue weighted by Gasteiger charge is -2.28. The Balaban J connectivity index is 1.54. The molecule has 0 bridgehead atoms. The molecule has 0 saturated heterocycles. The third-order valence-corrected chi connectivity index (χ3v) is 4.57. The molecule has 0 fully saturated rings. The van der Waals surface area contributed by atoms with E-state index in [4.69, 9.17) is 4.42 Å². The Bertz CT molecular complexity index is 883. The molecule has 1 aromatic carbocycles. The molecule has 1 aliphatic heterocycles. The van der Waals surface area contributed by atoms with Gasteiger partial charge in [0.2, 0.25) is 0 Å². The summed E-state index contributed by atoms with van der Waals surface area (Å²) in [6.07, 6.45) is 4.30. The summed E-state index contributed by atoms with van der Waals surface area (Å²) in [6, 6.07) is 6.74. The number of phenols is 2. The summed E-state index contributed by atoms with van der Waals surface area (Å²) in [6.45, 7) is 4.09. The first-order valence-corrected chi connectivity index (χ1v) is 8.22. The van der Waals surface area contributed by atoms with Crippen molar-refractivity contribution in [3.63, 3.8) is 0 Å². The highest BCUT2D eigenvalue weighted by molar-refractivity contribution is 5.47. The predicted molar refractivity (Wildman–Crippen MR) is 92.1 cm³/mol. The van der Waals surface area contributed by atoms with Gasteiger partial charge in [-0.25, -0.2) is 9.97 Å². The van der Waals surface area contributed by atoms with Crippen molar-refractivity contribution in [1.82, 2.24) is 14.9 Å². The number of rotatable bonds is 3. The monoisotopic (exact) mass is 337 g/mol. The molecule has 128 valence electrons. The lowest BCUT2D eigenvalue weighted by Crippen LogP contribution is -2.31. The third-order valence-electron chi connectivity index (χ3n) is 4.57. The molecular weight excluding hydrogens is 318 g/mol. The van der Waals surface area contributed by atoms with E-state index in [0.29, 0.717) is 18.1 Å². The van der Waals surface area contributed by atoms with Gasteiger partial charge in [-0.2, -0.15) is 0 Å². The standard InChI is InChI=1S/C19H19N3O3/c1-12-7-14(23)8-17(24)15(12)11-22-5-4-16-13(10-22)9-20-19(21-16)18-3-2-6-25-18/h2-3,6-9,23-24H,4-5,10-11H2,1H3. The van der Waals surface area contributed by atoms with E-state index in [0.717, 1.165) is 41.9 Å². The number of hydrogen-bond acceptors (Lipinski definition) is 6. The molecule has 0 aliphatic carbocycles. The van der Waals surface area contributed by atoms with Gasteiger partial charge in [0.1, 0.15) is 11.5 Å². The summed E-state index contributed by atoms with van der Waals surface area (Å²) in [5, 5.41) is 19.7. The molecule has 0 spiro atoms. The molecule has 0 radical (unpaired) electrons. The van der Waals surface area contributed by atoms with Crippen LogP contribution in [0.4, 0.5) is 0 Å². The number of benzene rings is 1. The van der Waals surface area contributed by atoms with Crippen molar-refractivity contribution in [2.24, 2.45) is 0 Å². The van der Waals surface area contributed by atoms with Crippen LogP contribution in [0.1, 0.15) is 22.4 Å². The van der Waals surface area contributed by atoms with Crippen molar-refractivity contribution in [3.8, 4) is 23.1 Å². The lowest BCUT2D eigenvalue weighted by atomic mass is 10.0. The maximum Gasteiger partial charge on any atom is 0.195 e. The Morgan fingerprint density at radius 3 is 2.92 bits per heavy atom. The van der Waals surface area contributed by atoms with Gasteiger partial charge in [-0.05, 0) is 30.7 Å². The highest BCUT2D eigenvalue weighted by Crippen LogP contribution is 2.29. The smallest absolute Gasteiger partial charge is 0.195 e. The average molecular weight is 337 g/mol. The Kier molecular flexibility index (Phi) is 3.89. The number of fused-ring (bicyclic) bond motifs is 1. The van der Waals surface area contributed by atoms with Crippen molar-refractivity contribution in [1.29, 1.82) is 0 Å². The quantitative estimate of drug-likeness (QED) is 0.764. The summed E-state index contributed by atoms with van der Waals surface area (Å²) in [5.74, 6) is 1.51. The SMILES string of the molecule is Cc1cc(O)cc(O)c1CN1CCc2nc(-c3ccco3)ncc2C1. The van der Waals surface area contributed by atoms with E-state index in [1.807, 2.05) is 25.3 Å². The Morgan fingerprint density at radius 2 is 2.16 bits per heavy atom. The normalized spacial score (nSPS) is 14.4. The zero-order valence-corrected chi connectivity index (χ0v) is 13.9. The van der Waals surface area contributed by atoms with Gasteiger partial charge in [-0.3, -0.25) is 4.90 Å². The van der Waals surface area contributed by atoms with Crippen LogP contribution in [0.3, 0.4) is 0 Å². The van der Waals surface area contributed by atoms with Crippen molar-refractivity contribution < 1.29 is 14.6 Å². The van der Waals surface area contributed by atoms with Gasteiger partial charge in [-0.15, -0.1) is 0 Å². The van der Waals surface area contributed by atoms with Crippen molar-refractivity contribution >= 4 is 0 Å². The fourth-order valence-corrected chi connectivity index (χ4v) is 3.24. The van der Waals surface area contributed by atoms with Gasteiger partial charge >= 0.3 is 0 Å². The van der Waals surface area contributed by atoms with Crippen LogP contribution in [0.2, 0.25) is 0 Å². The minimum absolute atomic E-state index is 0.0848. The molecule has 4 rings (SSSR count). The number of aromatic hydroxyl groups is 2.